The summed E-state index contributed by atoms with van der Waals surface area (Å²) in [5.74, 6) is -1.06. The lowest BCUT2D eigenvalue weighted by molar-refractivity contribution is -0.139. The number of hydrogen-bond acceptors (Lipinski definition) is 2. The van der Waals surface area contributed by atoms with Crippen molar-refractivity contribution in [3.05, 3.63) is 35.4 Å². The molecule has 1 aliphatic carbocycles. The minimum Gasteiger partial charge on any atom is -0.479 e. The molecule has 0 aliphatic heterocycles. The Morgan fingerprint density at radius 1 is 1.30 bits per heavy atom. The molecule has 0 saturated heterocycles. The molecular weight excluding hydrogens is 256 g/mol. The van der Waals surface area contributed by atoms with Gasteiger partial charge in [0, 0.05) is 6.04 Å². The van der Waals surface area contributed by atoms with E-state index in [1.807, 2.05) is 13.0 Å². The highest BCUT2D eigenvalue weighted by atomic mass is 16.4. The zero-order valence-corrected chi connectivity index (χ0v) is 11.6. The molecule has 3 N–H and O–H groups in total. The summed E-state index contributed by atoms with van der Waals surface area (Å²) in [6.07, 6.45) is 4.17. The number of rotatable bonds is 4. The van der Waals surface area contributed by atoms with Gasteiger partial charge in [0.1, 0.15) is 0 Å². The molecule has 1 saturated carbocycles. The molecule has 0 bridgehead atoms. The van der Waals surface area contributed by atoms with Gasteiger partial charge in [-0.2, -0.15) is 0 Å². The van der Waals surface area contributed by atoms with Crippen molar-refractivity contribution in [2.45, 2.75) is 44.7 Å². The summed E-state index contributed by atoms with van der Waals surface area (Å²) in [4.78, 5) is 23.2. The lowest BCUT2D eigenvalue weighted by Crippen LogP contribution is -2.44. The van der Waals surface area contributed by atoms with E-state index in [0.29, 0.717) is 5.56 Å². The number of carbonyl (C=O) groups excluding carboxylic acids is 1. The predicted octanol–water partition coefficient (Wildman–Crippen LogP) is 2.36. The average molecular weight is 276 g/mol. The first-order valence-corrected chi connectivity index (χ1v) is 6.92. The SMILES string of the molecule is Cc1cccc(C(NC(=O)NC2CCCC2)C(=O)O)c1. The van der Waals surface area contributed by atoms with Crippen molar-refractivity contribution in [2.24, 2.45) is 0 Å². The maximum Gasteiger partial charge on any atom is 0.330 e. The van der Waals surface area contributed by atoms with Crippen LogP contribution in [0.5, 0.6) is 0 Å². The number of carboxylic acids is 1. The Labute approximate surface area is 118 Å². The molecular formula is C15H20N2O3. The number of carboxylic acid groups (broad SMARTS) is 1. The normalized spacial score (nSPS) is 16.6. The van der Waals surface area contributed by atoms with Crippen LogP contribution in [0.15, 0.2) is 24.3 Å². The van der Waals surface area contributed by atoms with Gasteiger partial charge in [0.2, 0.25) is 0 Å². The van der Waals surface area contributed by atoms with Crippen LogP contribution in [0.3, 0.4) is 0 Å². The molecule has 1 aromatic rings. The number of benzene rings is 1. The van der Waals surface area contributed by atoms with E-state index in [1.54, 1.807) is 18.2 Å². The summed E-state index contributed by atoms with van der Waals surface area (Å²) in [5, 5.41) is 14.7. The van der Waals surface area contributed by atoms with Gasteiger partial charge in [-0.1, -0.05) is 42.7 Å². The Bertz CT molecular complexity index is 496. The van der Waals surface area contributed by atoms with Crippen molar-refractivity contribution in [3.8, 4) is 0 Å². The third kappa shape index (κ3) is 3.73. The fraction of sp³-hybridized carbons (Fsp3) is 0.467. The van der Waals surface area contributed by atoms with Gasteiger partial charge in [0.25, 0.3) is 0 Å². The monoisotopic (exact) mass is 276 g/mol. The third-order valence-electron chi connectivity index (χ3n) is 3.59. The van der Waals surface area contributed by atoms with Crippen LogP contribution in [0.2, 0.25) is 0 Å². The molecule has 0 spiro atoms. The van der Waals surface area contributed by atoms with Gasteiger partial charge < -0.3 is 15.7 Å². The first kappa shape index (κ1) is 14.4. The minimum atomic E-state index is -1.06. The van der Waals surface area contributed by atoms with Crippen LogP contribution in [-0.4, -0.2) is 23.1 Å². The quantitative estimate of drug-likeness (QED) is 0.790. The molecule has 0 heterocycles. The van der Waals surface area contributed by atoms with Crippen molar-refractivity contribution in [1.82, 2.24) is 10.6 Å². The van der Waals surface area contributed by atoms with Crippen molar-refractivity contribution in [2.75, 3.05) is 0 Å². The van der Waals surface area contributed by atoms with Crippen molar-refractivity contribution >= 4 is 12.0 Å². The van der Waals surface area contributed by atoms with Crippen LogP contribution in [0, 0.1) is 6.92 Å². The van der Waals surface area contributed by atoms with Crippen molar-refractivity contribution in [3.63, 3.8) is 0 Å². The first-order valence-electron chi connectivity index (χ1n) is 6.92. The van der Waals surface area contributed by atoms with Gasteiger partial charge in [-0.05, 0) is 25.3 Å². The van der Waals surface area contributed by atoms with Crippen molar-refractivity contribution in [1.29, 1.82) is 0 Å². The fourth-order valence-corrected chi connectivity index (χ4v) is 2.57. The maximum atomic E-state index is 11.9. The van der Waals surface area contributed by atoms with E-state index in [4.69, 9.17) is 0 Å². The second kappa shape index (κ2) is 6.41. The van der Waals surface area contributed by atoms with Gasteiger partial charge in [-0.15, -0.1) is 0 Å². The first-order chi connectivity index (χ1) is 9.56. The maximum absolute atomic E-state index is 11.9. The van der Waals surface area contributed by atoms with E-state index in [0.717, 1.165) is 31.2 Å². The Morgan fingerprint density at radius 3 is 2.60 bits per heavy atom. The van der Waals surface area contributed by atoms with Gasteiger partial charge in [0.05, 0.1) is 0 Å². The van der Waals surface area contributed by atoms with Gasteiger partial charge in [-0.25, -0.2) is 9.59 Å². The number of carbonyl (C=O) groups is 2. The Kier molecular flexibility index (Phi) is 4.61. The highest BCUT2D eigenvalue weighted by Gasteiger charge is 2.24. The lowest BCUT2D eigenvalue weighted by Gasteiger charge is -2.18. The second-order valence-electron chi connectivity index (χ2n) is 5.28. The molecule has 1 fully saturated rings. The molecule has 1 atom stereocenters. The fourth-order valence-electron chi connectivity index (χ4n) is 2.57. The molecule has 0 radical (unpaired) electrons. The van der Waals surface area contributed by atoms with E-state index < -0.39 is 18.0 Å². The van der Waals surface area contributed by atoms with E-state index >= 15 is 0 Å². The molecule has 5 nitrogen and oxygen atoms in total. The largest absolute Gasteiger partial charge is 0.479 e. The summed E-state index contributed by atoms with van der Waals surface area (Å²) in [6, 6.07) is 5.90. The van der Waals surface area contributed by atoms with Crippen LogP contribution in [0.4, 0.5) is 4.79 Å². The summed E-state index contributed by atoms with van der Waals surface area (Å²) in [7, 11) is 0. The Hall–Kier alpha value is -2.04. The molecule has 2 amide bonds. The van der Waals surface area contributed by atoms with Crippen LogP contribution in [-0.2, 0) is 4.79 Å². The zero-order valence-electron chi connectivity index (χ0n) is 11.6. The van der Waals surface area contributed by atoms with Gasteiger partial charge in [-0.3, -0.25) is 0 Å². The molecule has 5 heteroatoms. The average Bonchev–Trinajstić information content (AvgIpc) is 2.88. The van der Waals surface area contributed by atoms with Crippen LogP contribution in [0.1, 0.15) is 42.9 Å². The Morgan fingerprint density at radius 2 is 2.00 bits per heavy atom. The standard InChI is InChI=1S/C15H20N2O3/c1-10-5-4-6-11(9-10)13(14(18)19)17-15(20)16-12-7-2-3-8-12/h4-6,9,12-13H,2-3,7-8H2,1H3,(H,18,19)(H2,16,17,20). The van der Waals surface area contributed by atoms with E-state index in [2.05, 4.69) is 10.6 Å². The number of urea groups is 1. The molecule has 2 rings (SSSR count). The summed E-state index contributed by atoms with van der Waals surface area (Å²) >= 11 is 0. The zero-order chi connectivity index (χ0) is 14.5. The van der Waals surface area contributed by atoms with E-state index in [1.165, 1.54) is 0 Å². The molecule has 20 heavy (non-hydrogen) atoms. The second-order valence-corrected chi connectivity index (χ2v) is 5.28. The minimum absolute atomic E-state index is 0.168. The highest BCUT2D eigenvalue weighted by Crippen LogP contribution is 2.18. The number of aliphatic carboxylic acids is 1. The number of aryl methyl sites for hydroxylation is 1. The number of amides is 2. The van der Waals surface area contributed by atoms with Crippen LogP contribution < -0.4 is 10.6 Å². The number of nitrogens with one attached hydrogen (secondary N) is 2. The molecule has 1 aromatic carbocycles. The summed E-state index contributed by atoms with van der Waals surface area (Å²) in [5.41, 5.74) is 1.55. The Balaban J connectivity index is 2.02. The topological polar surface area (TPSA) is 78.4 Å². The molecule has 1 aliphatic rings. The highest BCUT2D eigenvalue weighted by molar-refractivity contribution is 5.83. The van der Waals surface area contributed by atoms with E-state index in [-0.39, 0.29) is 6.04 Å². The number of hydrogen-bond donors (Lipinski definition) is 3. The predicted molar refractivity (Wildman–Crippen MR) is 75.5 cm³/mol. The van der Waals surface area contributed by atoms with Gasteiger partial charge >= 0.3 is 12.0 Å². The molecule has 1 unspecified atom stereocenters. The third-order valence-corrected chi connectivity index (χ3v) is 3.59. The van der Waals surface area contributed by atoms with Gasteiger partial charge in [0.15, 0.2) is 6.04 Å². The summed E-state index contributed by atoms with van der Waals surface area (Å²) in [6.45, 7) is 1.89. The molecule has 0 aromatic heterocycles. The molecule has 108 valence electrons. The smallest absolute Gasteiger partial charge is 0.330 e. The summed E-state index contributed by atoms with van der Waals surface area (Å²) < 4.78 is 0. The van der Waals surface area contributed by atoms with Crippen molar-refractivity contribution < 1.29 is 14.7 Å². The lowest BCUT2D eigenvalue weighted by atomic mass is 10.0. The van der Waals surface area contributed by atoms with Crippen LogP contribution in [0.25, 0.3) is 0 Å². The van der Waals surface area contributed by atoms with E-state index in [9.17, 15) is 14.7 Å². The van der Waals surface area contributed by atoms with Crippen LogP contribution >= 0.6 is 0 Å².